The van der Waals surface area contributed by atoms with Crippen LogP contribution in [0.5, 0.6) is 0 Å². The van der Waals surface area contributed by atoms with Gasteiger partial charge in [0, 0.05) is 17.8 Å². The Morgan fingerprint density at radius 1 is 1.71 bits per heavy atom. The Balaban J connectivity index is 0. The Hall–Kier alpha value is -1.79. The van der Waals surface area contributed by atoms with E-state index in [1.54, 1.807) is 0 Å². The Morgan fingerprint density at radius 2 is 2.21 bits per heavy atom. The van der Waals surface area contributed by atoms with Crippen LogP contribution in [0, 0.1) is 0 Å². The fourth-order valence-corrected chi connectivity index (χ4v) is 0.643. The molecule has 0 aromatic carbocycles. The molecule has 1 atom stereocenters. The third-order valence-corrected chi connectivity index (χ3v) is 1.81. The van der Waals surface area contributed by atoms with Crippen LogP contribution in [0.25, 0.3) is 0 Å². The Labute approximate surface area is 77.6 Å². The van der Waals surface area contributed by atoms with Gasteiger partial charge < -0.3 is 9.29 Å². The second-order valence-corrected chi connectivity index (χ2v) is 3.17. The first kappa shape index (κ1) is 14.7. The van der Waals surface area contributed by atoms with Gasteiger partial charge in [-0.15, -0.1) is 0 Å². The SMILES string of the molecule is C=C(F)C(=O)OCCN(C)S(=O)[O-].[Rf]. The molecule has 0 aromatic heterocycles. The molecule has 0 radical (unpaired) electrons. The van der Waals surface area contributed by atoms with Crippen molar-refractivity contribution in [1.82, 2.24) is 4.31 Å². The first-order valence-corrected chi connectivity index (χ1v) is 4.30. The van der Waals surface area contributed by atoms with Gasteiger partial charge in [-0.3, -0.25) is 4.21 Å². The summed E-state index contributed by atoms with van der Waals surface area (Å²) in [5, 5.41) is 0. The molecule has 0 N–H and O–H groups in total. The van der Waals surface area contributed by atoms with Crippen molar-refractivity contribution >= 4 is 17.2 Å². The molecule has 0 spiro atoms. The summed E-state index contributed by atoms with van der Waals surface area (Å²) in [7, 11) is 1.29. The third kappa shape index (κ3) is 5.81. The molecular formula is C6H9FNO4RfS-. The van der Waals surface area contributed by atoms with Crippen LogP contribution in [0.15, 0.2) is 12.4 Å². The molecule has 0 saturated heterocycles. The normalized spacial score (nSPS) is 11.7. The van der Waals surface area contributed by atoms with Crippen LogP contribution < -0.4 is 0 Å². The average Bonchev–Trinajstić information content (AvgIpc) is 2.03. The zero-order chi connectivity index (χ0) is 10.4. The molecule has 1 unspecified atom stereocenters. The topological polar surface area (TPSA) is 69.7 Å². The van der Waals surface area contributed by atoms with E-state index in [2.05, 4.69) is 11.3 Å². The number of hydrogen-bond donors (Lipinski definition) is 0. The fourth-order valence-electron chi connectivity index (χ4n) is 0.420. The van der Waals surface area contributed by atoms with Crippen molar-refractivity contribution in [2.24, 2.45) is 0 Å². The van der Waals surface area contributed by atoms with Gasteiger partial charge in [-0.25, -0.2) is 9.10 Å². The third-order valence-electron chi connectivity index (χ3n) is 1.12. The number of hydrogen-bond acceptors (Lipinski definition) is 4. The number of nitrogens with zero attached hydrogens (tertiary/aromatic N) is 1. The van der Waals surface area contributed by atoms with Crippen LogP contribution in [0.2, 0.25) is 0 Å². The molecular weight excluding hydrogens is 468 g/mol. The van der Waals surface area contributed by atoms with E-state index in [0.29, 0.717) is 0 Å². The van der Waals surface area contributed by atoms with Gasteiger partial charge >= 0.3 is 5.97 Å². The van der Waals surface area contributed by atoms with E-state index in [9.17, 15) is 17.9 Å². The Morgan fingerprint density at radius 3 is 2.57 bits per heavy atom. The van der Waals surface area contributed by atoms with E-state index >= 15 is 0 Å². The first-order chi connectivity index (χ1) is 5.95. The summed E-state index contributed by atoms with van der Waals surface area (Å²) in [6, 6.07) is 0. The Bertz CT molecular complexity index is 238. The van der Waals surface area contributed by atoms with Gasteiger partial charge in [-0.2, -0.15) is 4.39 Å². The number of rotatable bonds is 5. The fraction of sp³-hybridized carbons (Fsp3) is 0.500. The zero-order valence-electron chi connectivity index (χ0n) is 7.69. The molecule has 0 aliphatic heterocycles. The first-order valence-electron chi connectivity index (χ1n) is 3.27. The molecule has 5 nitrogen and oxygen atoms in total. The van der Waals surface area contributed by atoms with Crippen molar-refractivity contribution in [3.63, 3.8) is 0 Å². The predicted molar refractivity (Wildman–Crippen MR) is 42.8 cm³/mol. The molecule has 0 saturated carbocycles. The van der Waals surface area contributed by atoms with Gasteiger partial charge in [0.2, 0.25) is 5.83 Å². The molecule has 0 amide bonds. The van der Waals surface area contributed by atoms with Crippen LogP contribution in [-0.4, -0.2) is 39.2 Å². The second kappa shape index (κ2) is 6.70. The monoisotopic (exact) mass is 477 g/mol. The van der Waals surface area contributed by atoms with Gasteiger partial charge in [0.25, 0.3) is 0 Å². The summed E-state index contributed by atoms with van der Waals surface area (Å²) in [6.45, 7) is 2.49. The van der Waals surface area contributed by atoms with Crippen LogP contribution in [0.4, 0.5) is 4.39 Å². The number of ether oxygens (including phenoxy) is 1. The zero-order valence-corrected chi connectivity index (χ0v) is 14.9. The Kier molecular flexibility index (Phi) is 7.04. The molecule has 14 heavy (non-hydrogen) atoms. The molecule has 0 aliphatic carbocycles. The standard InChI is InChI=1S/C6H10FNO4S.Rf/c1-5(7)6(9)12-4-3-8(2)13(10)11;/h1,3-4H2,2H3,(H,10,11);/p-1. The minimum Gasteiger partial charge on any atom is -0.760 e. The van der Waals surface area contributed by atoms with Crippen molar-refractivity contribution < 1.29 is 22.7 Å². The van der Waals surface area contributed by atoms with E-state index in [1.807, 2.05) is 0 Å². The molecule has 0 rings (SSSR count). The summed E-state index contributed by atoms with van der Waals surface area (Å²) in [6.07, 6.45) is 0. The van der Waals surface area contributed by atoms with Crippen LogP contribution >= 0.6 is 0 Å². The minimum atomic E-state index is -2.36. The van der Waals surface area contributed by atoms with Crippen molar-refractivity contribution in [1.29, 1.82) is 0 Å². The molecule has 0 heterocycles. The van der Waals surface area contributed by atoms with Gasteiger partial charge in [-0.05, 0) is 7.05 Å². The van der Waals surface area contributed by atoms with Crippen molar-refractivity contribution in [3.8, 4) is 0 Å². The molecule has 0 bridgehead atoms. The van der Waals surface area contributed by atoms with E-state index in [4.69, 9.17) is 0 Å². The van der Waals surface area contributed by atoms with Crippen LogP contribution in [0.1, 0.15) is 0 Å². The van der Waals surface area contributed by atoms with Crippen molar-refractivity contribution in [3.05, 3.63) is 12.4 Å². The van der Waals surface area contributed by atoms with Gasteiger partial charge in [0.05, 0.1) is 0 Å². The average molecular weight is 477 g/mol. The molecule has 8 heteroatoms. The predicted octanol–water partition coefficient (Wildman–Crippen LogP) is -0.261. The summed E-state index contributed by atoms with van der Waals surface area (Å²) in [5.41, 5.74) is 0. The molecule has 78 valence electrons. The summed E-state index contributed by atoms with van der Waals surface area (Å²) < 4.78 is 37.6. The number of esters is 1. The smallest absolute Gasteiger partial charge is 0.366 e. The molecule has 0 aromatic rings. The van der Waals surface area contributed by atoms with Gasteiger partial charge in [0.15, 0.2) is 0 Å². The summed E-state index contributed by atoms with van der Waals surface area (Å²) in [5.74, 6) is -2.38. The van der Waals surface area contributed by atoms with E-state index in [-0.39, 0.29) is 13.2 Å². The van der Waals surface area contributed by atoms with E-state index in [0.717, 1.165) is 4.31 Å². The number of likely N-dealkylation sites (N-methyl/N-ethyl adjacent to an activating group) is 1. The molecule has 0 fully saturated rings. The maximum absolute atomic E-state index is 12.0. The van der Waals surface area contributed by atoms with E-state index in [1.165, 1.54) is 7.05 Å². The minimum absolute atomic E-state index is 0. The quantitative estimate of drug-likeness (QED) is 0.311. The summed E-state index contributed by atoms with van der Waals surface area (Å²) >= 11 is -2.36. The second-order valence-electron chi connectivity index (χ2n) is 2.11. The number of carbonyl (C=O) groups is 1. The summed E-state index contributed by atoms with van der Waals surface area (Å²) in [4.78, 5) is 10.4. The van der Waals surface area contributed by atoms with Crippen molar-refractivity contribution in [2.45, 2.75) is 0 Å². The molecule has 0 aliphatic rings. The van der Waals surface area contributed by atoms with Gasteiger partial charge in [-0.1, -0.05) is 6.58 Å². The van der Waals surface area contributed by atoms with Gasteiger partial charge in [0.1, 0.15) is 6.61 Å². The largest absolute Gasteiger partial charge is 0.760 e. The maximum Gasteiger partial charge on any atom is 0.366 e. The maximum atomic E-state index is 12.0. The van der Waals surface area contributed by atoms with E-state index < -0.39 is 23.1 Å². The number of halogens is 1. The number of carbonyl (C=O) groups excluding carboxylic acids is 1. The van der Waals surface area contributed by atoms with Crippen LogP contribution in [0.3, 0.4) is 0 Å². The van der Waals surface area contributed by atoms with Crippen molar-refractivity contribution in [2.75, 3.05) is 20.2 Å². The van der Waals surface area contributed by atoms with Crippen LogP contribution in [-0.2, 0) is 20.8 Å².